The molecule has 4 heteroatoms. The van der Waals surface area contributed by atoms with Gasteiger partial charge in [-0.05, 0) is 35.7 Å². The van der Waals surface area contributed by atoms with Crippen molar-refractivity contribution in [2.24, 2.45) is 0 Å². The molecule has 0 radical (unpaired) electrons. The van der Waals surface area contributed by atoms with E-state index in [1.54, 1.807) is 0 Å². The van der Waals surface area contributed by atoms with Crippen molar-refractivity contribution in [2.45, 2.75) is 45.8 Å². The summed E-state index contributed by atoms with van der Waals surface area (Å²) in [5.74, 6) is 2.28. The van der Waals surface area contributed by atoms with Gasteiger partial charge in [-0.15, -0.1) is 0 Å². The van der Waals surface area contributed by atoms with E-state index >= 15 is 0 Å². The molecule has 25 heavy (non-hydrogen) atoms. The third-order valence-electron chi connectivity index (χ3n) is 4.43. The molecule has 3 aromatic rings. The summed E-state index contributed by atoms with van der Waals surface area (Å²) in [6.07, 6.45) is 0.242. The van der Waals surface area contributed by atoms with Gasteiger partial charge in [0, 0.05) is 6.42 Å². The van der Waals surface area contributed by atoms with Crippen molar-refractivity contribution in [3.8, 4) is 5.75 Å². The lowest BCUT2D eigenvalue weighted by molar-refractivity contribution is 0.0927. The predicted molar refractivity (Wildman–Crippen MR) is 101 cm³/mol. The zero-order valence-electron chi connectivity index (χ0n) is 15.1. The Morgan fingerprint density at radius 2 is 1.80 bits per heavy atom. The van der Waals surface area contributed by atoms with Crippen LogP contribution < -0.4 is 4.74 Å². The van der Waals surface area contributed by atoms with E-state index in [0.29, 0.717) is 12.5 Å². The number of imidazole rings is 1. The van der Waals surface area contributed by atoms with Gasteiger partial charge in [0.2, 0.25) is 0 Å². The van der Waals surface area contributed by atoms with Crippen LogP contribution in [0.5, 0.6) is 5.75 Å². The maximum absolute atomic E-state index is 10.4. The van der Waals surface area contributed by atoms with Crippen LogP contribution in [-0.2, 0) is 13.0 Å². The Balaban J connectivity index is 1.65. The van der Waals surface area contributed by atoms with E-state index < -0.39 is 6.10 Å². The molecule has 1 aromatic heterocycles. The Morgan fingerprint density at radius 3 is 2.48 bits per heavy atom. The zero-order chi connectivity index (χ0) is 17.8. The van der Waals surface area contributed by atoms with Gasteiger partial charge in [0.05, 0.1) is 17.6 Å². The SMILES string of the molecule is CCc1nc2ccccc2n1C[C@@H](O)COc1ccc(C(C)C)cc1. The van der Waals surface area contributed by atoms with Gasteiger partial charge in [0.15, 0.2) is 0 Å². The molecule has 2 aromatic carbocycles. The number of fused-ring (bicyclic) bond motifs is 1. The average Bonchev–Trinajstić information content (AvgIpc) is 2.98. The third-order valence-corrected chi connectivity index (χ3v) is 4.43. The summed E-state index contributed by atoms with van der Waals surface area (Å²) in [5, 5.41) is 10.4. The molecule has 0 unspecified atom stereocenters. The summed E-state index contributed by atoms with van der Waals surface area (Å²) in [7, 11) is 0. The molecule has 0 bridgehead atoms. The molecule has 0 amide bonds. The highest BCUT2D eigenvalue weighted by Crippen LogP contribution is 2.20. The second-order valence-electron chi connectivity index (χ2n) is 6.67. The first-order valence-electron chi connectivity index (χ1n) is 8.93. The van der Waals surface area contributed by atoms with Crippen LogP contribution in [0.25, 0.3) is 11.0 Å². The van der Waals surface area contributed by atoms with Crippen molar-refractivity contribution < 1.29 is 9.84 Å². The number of aliphatic hydroxyl groups excluding tert-OH is 1. The van der Waals surface area contributed by atoms with Gasteiger partial charge < -0.3 is 14.4 Å². The Bertz CT molecular complexity index is 822. The van der Waals surface area contributed by atoms with Gasteiger partial charge in [0.25, 0.3) is 0 Å². The van der Waals surface area contributed by atoms with Crippen molar-refractivity contribution >= 4 is 11.0 Å². The molecule has 0 aliphatic carbocycles. The molecule has 0 fully saturated rings. The number of ether oxygens (including phenoxy) is 1. The summed E-state index contributed by atoms with van der Waals surface area (Å²) >= 11 is 0. The van der Waals surface area contributed by atoms with Crippen molar-refractivity contribution in [3.63, 3.8) is 0 Å². The number of hydrogen-bond donors (Lipinski definition) is 1. The number of benzene rings is 2. The molecule has 1 atom stereocenters. The van der Waals surface area contributed by atoms with E-state index in [-0.39, 0.29) is 6.61 Å². The lowest BCUT2D eigenvalue weighted by Gasteiger charge is -2.16. The summed E-state index contributed by atoms with van der Waals surface area (Å²) in [5.41, 5.74) is 3.31. The molecular formula is C21H26N2O2. The molecule has 1 N–H and O–H groups in total. The Morgan fingerprint density at radius 1 is 1.08 bits per heavy atom. The molecule has 3 rings (SSSR count). The highest BCUT2D eigenvalue weighted by molar-refractivity contribution is 5.75. The predicted octanol–water partition coefficient (Wildman–Crippen LogP) is 4.16. The van der Waals surface area contributed by atoms with Gasteiger partial charge in [-0.3, -0.25) is 0 Å². The second kappa shape index (κ2) is 7.70. The molecular weight excluding hydrogens is 312 g/mol. The maximum atomic E-state index is 10.4. The lowest BCUT2D eigenvalue weighted by atomic mass is 10.0. The summed E-state index contributed by atoms with van der Waals surface area (Å²) in [6, 6.07) is 16.1. The van der Waals surface area contributed by atoms with Gasteiger partial charge in [0.1, 0.15) is 24.3 Å². The highest BCUT2D eigenvalue weighted by Gasteiger charge is 2.13. The fraction of sp³-hybridized carbons (Fsp3) is 0.381. The smallest absolute Gasteiger partial charge is 0.119 e. The van der Waals surface area contributed by atoms with Gasteiger partial charge in [-0.25, -0.2) is 4.98 Å². The van der Waals surface area contributed by atoms with Gasteiger partial charge >= 0.3 is 0 Å². The molecule has 0 aliphatic rings. The molecule has 0 aliphatic heterocycles. The minimum atomic E-state index is -0.590. The number of aliphatic hydroxyl groups is 1. The average molecular weight is 338 g/mol. The first kappa shape index (κ1) is 17.5. The van der Waals surface area contributed by atoms with Crippen molar-refractivity contribution in [1.82, 2.24) is 9.55 Å². The molecule has 132 valence electrons. The molecule has 4 nitrogen and oxygen atoms in total. The van der Waals surface area contributed by atoms with E-state index in [4.69, 9.17) is 4.74 Å². The Hall–Kier alpha value is -2.33. The minimum Gasteiger partial charge on any atom is -0.491 e. The largest absolute Gasteiger partial charge is 0.491 e. The van der Waals surface area contributed by atoms with Crippen LogP contribution in [0.1, 0.15) is 38.1 Å². The Kier molecular flexibility index (Phi) is 5.39. The lowest BCUT2D eigenvalue weighted by Crippen LogP contribution is -2.24. The Labute approximate surface area is 149 Å². The number of para-hydroxylation sites is 2. The van der Waals surface area contributed by atoms with Crippen LogP contribution in [0.2, 0.25) is 0 Å². The van der Waals surface area contributed by atoms with E-state index in [0.717, 1.165) is 29.0 Å². The zero-order valence-corrected chi connectivity index (χ0v) is 15.1. The first-order valence-corrected chi connectivity index (χ1v) is 8.93. The molecule has 1 heterocycles. The fourth-order valence-electron chi connectivity index (χ4n) is 3.00. The molecule has 0 saturated heterocycles. The number of hydrogen-bond acceptors (Lipinski definition) is 3. The highest BCUT2D eigenvalue weighted by atomic mass is 16.5. The van der Waals surface area contributed by atoms with Crippen LogP contribution in [0, 0.1) is 0 Å². The van der Waals surface area contributed by atoms with Crippen molar-refractivity contribution in [1.29, 1.82) is 0 Å². The molecule has 0 saturated carbocycles. The van der Waals surface area contributed by atoms with Crippen LogP contribution in [0.3, 0.4) is 0 Å². The van der Waals surface area contributed by atoms with Crippen molar-refractivity contribution in [3.05, 3.63) is 59.9 Å². The van der Waals surface area contributed by atoms with E-state index in [2.05, 4.69) is 42.5 Å². The van der Waals surface area contributed by atoms with Gasteiger partial charge in [-0.1, -0.05) is 45.0 Å². The number of aromatic nitrogens is 2. The fourth-order valence-corrected chi connectivity index (χ4v) is 3.00. The summed E-state index contributed by atoms with van der Waals surface area (Å²) in [6.45, 7) is 7.15. The van der Waals surface area contributed by atoms with Gasteiger partial charge in [-0.2, -0.15) is 0 Å². The van der Waals surface area contributed by atoms with Crippen LogP contribution in [0.15, 0.2) is 48.5 Å². The minimum absolute atomic E-state index is 0.261. The van der Waals surface area contributed by atoms with E-state index in [1.807, 2.05) is 36.4 Å². The van der Waals surface area contributed by atoms with Crippen molar-refractivity contribution in [2.75, 3.05) is 6.61 Å². The number of rotatable bonds is 7. The monoisotopic (exact) mass is 338 g/mol. The standard InChI is InChI=1S/C21H26N2O2/c1-4-21-22-19-7-5-6-8-20(19)23(21)13-17(24)14-25-18-11-9-16(10-12-18)15(2)3/h5-12,15,17,24H,4,13-14H2,1-3H3/t17-/m1/s1. The first-order chi connectivity index (χ1) is 12.1. The maximum Gasteiger partial charge on any atom is 0.119 e. The van der Waals surface area contributed by atoms with E-state index in [9.17, 15) is 5.11 Å². The van der Waals surface area contributed by atoms with Crippen LogP contribution in [-0.4, -0.2) is 27.4 Å². The summed E-state index contributed by atoms with van der Waals surface area (Å²) in [4.78, 5) is 4.64. The quantitative estimate of drug-likeness (QED) is 0.703. The van der Waals surface area contributed by atoms with Crippen LogP contribution in [0.4, 0.5) is 0 Å². The van der Waals surface area contributed by atoms with E-state index in [1.165, 1.54) is 5.56 Å². The summed E-state index contributed by atoms with van der Waals surface area (Å²) < 4.78 is 7.84. The number of aryl methyl sites for hydroxylation is 1. The number of nitrogens with zero attached hydrogens (tertiary/aromatic N) is 2. The third kappa shape index (κ3) is 4.02. The van der Waals surface area contributed by atoms with Crippen LogP contribution >= 0.6 is 0 Å². The molecule has 0 spiro atoms. The second-order valence-corrected chi connectivity index (χ2v) is 6.67. The normalized spacial score (nSPS) is 12.7. The topological polar surface area (TPSA) is 47.3 Å².